The first-order chi connectivity index (χ1) is 10.1. The van der Waals surface area contributed by atoms with Crippen LogP contribution in [0.2, 0.25) is 0 Å². The van der Waals surface area contributed by atoms with Gasteiger partial charge in [-0.25, -0.2) is 4.79 Å². The zero-order valence-corrected chi connectivity index (χ0v) is 13.2. The molecule has 0 bridgehead atoms. The molecule has 0 amide bonds. The number of nitrogens with two attached hydrogens (primary N) is 1. The number of carbonyl (C=O) groups excluding carboxylic acids is 1. The van der Waals surface area contributed by atoms with Crippen LogP contribution < -0.4 is 10.5 Å². The molecule has 2 aromatic carbocycles. The summed E-state index contributed by atoms with van der Waals surface area (Å²) in [7, 11) is 0. The number of rotatable bonds is 5. The van der Waals surface area contributed by atoms with Crippen LogP contribution in [0.5, 0.6) is 5.75 Å². The van der Waals surface area contributed by atoms with E-state index in [-0.39, 0.29) is 0 Å². The predicted octanol–water partition coefficient (Wildman–Crippen LogP) is 3.79. The molecule has 0 aliphatic heterocycles. The Hall–Kier alpha value is -2.01. The fraction of sp³-hybridized carbons (Fsp3) is 0.188. The van der Waals surface area contributed by atoms with Crippen LogP contribution in [-0.4, -0.2) is 12.6 Å². The van der Waals surface area contributed by atoms with Crippen LogP contribution in [0.4, 0.5) is 5.69 Å². The molecule has 0 atom stereocenters. The maximum Gasteiger partial charge on any atom is 0.341 e. The maximum atomic E-state index is 11.9. The largest absolute Gasteiger partial charge is 0.488 e. The molecule has 0 saturated carbocycles. The molecule has 0 fully saturated rings. The van der Waals surface area contributed by atoms with E-state index < -0.39 is 5.97 Å². The lowest BCUT2D eigenvalue weighted by atomic mass is 10.1. The standard InChI is InChI=1S/C16H16BrNO3/c1-2-20-16(19)14-9-13(18)6-7-15(14)21-10-11-4-3-5-12(17)8-11/h3-9H,2,10,18H2,1H3. The maximum absolute atomic E-state index is 11.9. The van der Waals surface area contributed by atoms with E-state index in [1.165, 1.54) is 0 Å². The molecule has 2 N–H and O–H groups in total. The molecule has 0 radical (unpaired) electrons. The van der Waals surface area contributed by atoms with Gasteiger partial charge in [0, 0.05) is 10.2 Å². The normalized spacial score (nSPS) is 10.2. The van der Waals surface area contributed by atoms with Crippen LogP contribution in [0.15, 0.2) is 46.9 Å². The van der Waals surface area contributed by atoms with Crippen LogP contribution in [0.1, 0.15) is 22.8 Å². The lowest BCUT2D eigenvalue weighted by molar-refractivity contribution is 0.0521. The van der Waals surface area contributed by atoms with Crippen LogP contribution in [0.25, 0.3) is 0 Å². The molecule has 0 unspecified atom stereocenters. The van der Waals surface area contributed by atoms with Gasteiger partial charge in [-0.2, -0.15) is 0 Å². The number of carbonyl (C=O) groups is 1. The summed E-state index contributed by atoms with van der Waals surface area (Å²) in [5, 5.41) is 0. The second-order valence-corrected chi connectivity index (χ2v) is 5.31. The summed E-state index contributed by atoms with van der Waals surface area (Å²) in [5.41, 5.74) is 7.55. The molecule has 0 aromatic heterocycles. The predicted molar refractivity (Wildman–Crippen MR) is 85.3 cm³/mol. The molecular weight excluding hydrogens is 334 g/mol. The first-order valence-corrected chi connectivity index (χ1v) is 7.33. The zero-order valence-electron chi connectivity index (χ0n) is 11.6. The van der Waals surface area contributed by atoms with Gasteiger partial charge < -0.3 is 15.2 Å². The molecule has 0 aliphatic rings. The number of hydrogen-bond donors (Lipinski definition) is 1. The van der Waals surface area contributed by atoms with Crippen LogP contribution in [-0.2, 0) is 11.3 Å². The van der Waals surface area contributed by atoms with Crippen molar-refractivity contribution in [2.24, 2.45) is 0 Å². The first kappa shape index (κ1) is 15.4. The third kappa shape index (κ3) is 4.23. The molecule has 5 heteroatoms. The van der Waals surface area contributed by atoms with Gasteiger partial charge in [-0.05, 0) is 42.8 Å². The Morgan fingerprint density at radius 3 is 2.76 bits per heavy atom. The smallest absolute Gasteiger partial charge is 0.341 e. The number of hydrogen-bond acceptors (Lipinski definition) is 4. The lowest BCUT2D eigenvalue weighted by Gasteiger charge is -2.12. The average Bonchev–Trinajstić information content (AvgIpc) is 2.46. The molecule has 0 saturated heterocycles. The first-order valence-electron chi connectivity index (χ1n) is 6.54. The van der Waals surface area contributed by atoms with E-state index in [1.807, 2.05) is 24.3 Å². The Morgan fingerprint density at radius 2 is 2.05 bits per heavy atom. The van der Waals surface area contributed by atoms with Gasteiger partial charge in [0.25, 0.3) is 0 Å². The summed E-state index contributed by atoms with van der Waals surface area (Å²) in [4.78, 5) is 11.9. The number of benzene rings is 2. The van der Waals surface area contributed by atoms with Crippen molar-refractivity contribution in [1.82, 2.24) is 0 Å². The Labute approximate surface area is 132 Å². The van der Waals surface area contributed by atoms with Gasteiger partial charge in [0.1, 0.15) is 17.9 Å². The van der Waals surface area contributed by atoms with Gasteiger partial charge in [0.15, 0.2) is 0 Å². The van der Waals surface area contributed by atoms with E-state index in [9.17, 15) is 4.79 Å². The van der Waals surface area contributed by atoms with Gasteiger partial charge in [-0.3, -0.25) is 0 Å². The second kappa shape index (κ2) is 7.13. The summed E-state index contributed by atoms with van der Waals surface area (Å²) < 4.78 is 11.7. The van der Waals surface area contributed by atoms with Crippen LogP contribution >= 0.6 is 15.9 Å². The van der Waals surface area contributed by atoms with Crippen molar-refractivity contribution in [2.75, 3.05) is 12.3 Å². The third-order valence-electron chi connectivity index (χ3n) is 2.78. The highest BCUT2D eigenvalue weighted by atomic mass is 79.9. The van der Waals surface area contributed by atoms with Crippen molar-refractivity contribution in [1.29, 1.82) is 0 Å². The van der Waals surface area contributed by atoms with Crippen molar-refractivity contribution in [3.05, 3.63) is 58.1 Å². The van der Waals surface area contributed by atoms with E-state index in [1.54, 1.807) is 25.1 Å². The molecule has 2 aromatic rings. The Kier molecular flexibility index (Phi) is 5.22. The number of esters is 1. The third-order valence-corrected chi connectivity index (χ3v) is 3.28. The summed E-state index contributed by atoms with van der Waals surface area (Å²) in [5.74, 6) is 0.0247. The van der Waals surface area contributed by atoms with Crippen LogP contribution in [0, 0.1) is 0 Å². The average molecular weight is 350 g/mol. The molecule has 0 heterocycles. The minimum Gasteiger partial charge on any atom is -0.488 e. The fourth-order valence-electron chi connectivity index (χ4n) is 1.83. The SMILES string of the molecule is CCOC(=O)c1cc(N)ccc1OCc1cccc(Br)c1. The number of anilines is 1. The summed E-state index contributed by atoms with van der Waals surface area (Å²) in [6.07, 6.45) is 0. The van der Waals surface area contributed by atoms with E-state index >= 15 is 0 Å². The van der Waals surface area contributed by atoms with Gasteiger partial charge >= 0.3 is 5.97 Å². The molecule has 0 aliphatic carbocycles. The van der Waals surface area contributed by atoms with Crippen LogP contribution in [0.3, 0.4) is 0 Å². The Balaban J connectivity index is 2.17. The lowest BCUT2D eigenvalue weighted by Crippen LogP contribution is -2.08. The van der Waals surface area contributed by atoms with E-state index in [2.05, 4.69) is 15.9 Å². The van der Waals surface area contributed by atoms with Crippen molar-refractivity contribution >= 4 is 27.6 Å². The van der Waals surface area contributed by atoms with Gasteiger partial charge in [0.05, 0.1) is 6.61 Å². The number of halogens is 1. The van der Waals surface area contributed by atoms with Crippen molar-refractivity contribution in [3.63, 3.8) is 0 Å². The van der Waals surface area contributed by atoms with Crippen molar-refractivity contribution < 1.29 is 14.3 Å². The summed E-state index contributed by atoms with van der Waals surface area (Å²) in [6.45, 7) is 2.42. The van der Waals surface area contributed by atoms with E-state index in [4.69, 9.17) is 15.2 Å². The number of nitrogen functional groups attached to an aromatic ring is 1. The minimum atomic E-state index is -0.436. The van der Waals surface area contributed by atoms with Crippen molar-refractivity contribution in [3.8, 4) is 5.75 Å². The number of ether oxygens (including phenoxy) is 2. The Bertz CT molecular complexity index is 643. The van der Waals surface area contributed by atoms with Gasteiger partial charge in [-0.15, -0.1) is 0 Å². The van der Waals surface area contributed by atoms with Crippen molar-refractivity contribution in [2.45, 2.75) is 13.5 Å². The molecule has 0 spiro atoms. The molecule has 4 nitrogen and oxygen atoms in total. The molecule has 110 valence electrons. The molecule has 21 heavy (non-hydrogen) atoms. The monoisotopic (exact) mass is 349 g/mol. The van der Waals surface area contributed by atoms with E-state index in [0.717, 1.165) is 10.0 Å². The topological polar surface area (TPSA) is 61.5 Å². The Morgan fingerprint density at radius 1 is 1.24 bits per heavy atom. The van der Waals surface area contributed by atoms with E-state index in [0.29, 0.717) is 30.2 Å². The highest BCUT2D eigenvalue weighted by Gasteiger charge is 2.14. The highest BCUT2D eigenvalue weighted by molar-refractivity contribution is 9.10. The second-order valence-electron chi connectivity index (χ2n) is 4.39. The summed E-state index contributed by atoms with van der Waals surface area (Å²) >= 11 is 3.41. The van der Waals surface area contributed by atoms with Gasteiger partial charge in [-0.1, -0.05) is 28.1 Å². The molecule has 2 rings (SSSR count). The quantitative estimate of drug-likeness (QED) is 0.658. The molecular formula is C16H16BrNO3. The minimum absolute atomic E-state index is 0.304. The van der Waals surface area contributed by atoms with Gasteiger partial charge in [0.2, 0.25) is 0 Å². The zero-order chi connectivity index (χ0) is 15.2. The summed E-state index contributed by atoms with van der Waals surface area (Å²) in [6, 6.07) is 12.7. The highest BCUT2D eigenvalue weighted by Crippen LogP contribution is 2.24. The fourth-order valence-corrected chi connectivity index (χ4v) is 2.28.